The molecule has 0 unspecified atom stereocenters. The Kier molecular flexibility index (Phi) is 5.06. The van der Waals surface area contributed by atoms with Crippen molar-refractivity contribution in [3.8, 4) is 28.5 Å². The molecular formula is C27H22N6O. The maximum atomic E-state index is 11.2. The number of aromatic nitrogens is 4. The molecule has 0 fully saturated rings. The topological polar surface area (TPSA) is 107 Å². The molecule has 3 aromatic heterocycles. The highest BCUT2D eigenvalue weighted by molar-refractivity contribution is 6.10. The van der Waals surface area contributed by atoms with Crippen molar-refractivity contribution in [3.05, 3.63) is 72.6 Å². The van der Waals surface area contributed by atoms with Crippen LogP contribution in [-0.4, -0.2) is 26.1 Å². The maximum Gasteiger partial charge on any atom is 0.222 e. The van der Waals surface area contributed by atoms with Gasteiger partial charge in [-0.05, 0) is 49.2 Å². The van der Waals surface area contributed by atoms with Gasteiger partial charge in [0.05, 0.1) is 34.4 Å². The van der Waals surface area contributed by atoms with Crippen LogP contribution in [0, 0.1) is 11.3 Å². The molecule has 2 N–H and O–H groups in total. The number of aromatic amines is 1. The fourth-order valence-electron chi connectivity index (χ4n) is 4.01. The van der Waals surface area contributed by atoms with E-state index in [9.17, 15) is 10.1 Å². The van der Waals surface area contributed by atoms with Gasteiger partial charge in [0.1, 0.15) is 5.82 Å². The number of hydrogen-bond acceptors (Lipinski definition) is 5. The Hall–Kier alpha value is -4.57. The van der Waals surface area contributed by atoms with Crippen LogP contribution in [0.4, 0.5) is 5.82 Å². The number of carbonyl (C=O) groups excluding carboxylic acids is 1. The van der Waals surface area contributed by atoms with Gasteiger partial charge in [0.25, 0.3) is 0 Å². The standard InChI is InChI=1S/C27H22N6O/c1-16(34)31-24-11-7-19(13-29-24)18-6-10-23-21(12-18)22-14-30-33-26(22)25(32-23)17-4-8-20(9-5-17)27(2,3)15-28/h4-14H,1-3H3,(H,30,33)(H,29,31,34). The number of nitrogens with one attached hydrogen (secondary N) is 2. The van der Waals surface area contributed by atoms with E-state index in [2.05, 4.69) is 32.6 Å². The summed E-state index contributed by atoms with van der Waals surface area (Å²) in [4.78, 5) is 20.5. The molecule has 5 aromatic rings. The van der Waals surface area contributed by atoms with E-state index in [4.69, 9.17) is 4.98 Å². The van der Waals surface area contributed by atoms with Crippen LogP contribution >= 0.6 is 0 Å². The molecule has 0 saturated heterocycles. The van der Waals surface area contributed by atoms with Crippen molar-refractivity contribution < 1.29 is 4.79 Å². The number of carbonyl (C=O) groups is 1. The summed E-state index contributed by atoms with van der Waals surface area (Å²) in [5.41, 5.74) is 5.83. The lowest BCUT2D eigenvalue weighted by Gasteiger charge is -2.16. The summed E-state index contributed by atoms with van der Waals surface area (Å²) in [6.45, 7) is 5.27. The summed E-state index contributed by atoms with van der Waals surface area (Å²) in [6, 6.07) is 20.1. The highest BCUT2D eigenvalue weighted by Crippen LogP contribution is 2.34. The highest BCUT2D eigenvalue weighted by atomic mass is 16.1. The van der Waals surface area contributed by atoms with Crippen LogP contribution in [0.3, 0.4) is 0 Å². The highest BCUT2D eigenvalue weighted by Gasteiger charge is 2.20. The predicted molar refractivity (Wildman–Crippen MR) is 133 cm³/mol. The number of hydrogen-bond donors (Lipinski definition) is 2. The van der Waals surface area contributed by atoms with Crippen LogP contribution < -0.4 is 5.32 Å². The van der Waals surface area contributed by atoms with Gasteiger partial charge in [0, 0.05) is 35.0 Å². The van der Waals surface area contributed by atoms with E-state index < -0.39 is 5.41 Å². The number of pyridine rings is 2. The predicted octanol–water partition coefficient (Wildman–Crippen LogP) is 5.60. The van der Waals surface area contributed by atoms with E-state index in [0.717, 1.165) is 49.8 Å². The summed E-state index contributed by atoms with van der Waals surface area (Å²) >= 11 is 0. The van der Waals surface area contributed by atoms with E-state index in [0.29, 0.717) is 5.82 Å². The number of nitrogens with zero attached hydrogens (tertiary/aromatic N) is 4. The summed E-state index contributed by atoms with van der Waals surface area (Å²) < 4.78 is 0. The van der Waals surface area contributed by atoms with Gasteiger partial charge < -0.3 is 5.32 Å². The Balaban J connectivity index is 1.58. The first kappa shape index (κ1) is 21.3. The summed E-state index contributed by atoms with van der Waals surface area (Å²) in [5.74, 6) is 0.364. The smallest absolute Gasteiger partial charge is 0.222 e. The minimum Gasteiger partial charge on any atom is -0.311 e. The van der Waals surface area contributed by atoms with Crippen molar-refractivity contribution in [1.82, 2.24) is 20.2 Å². The molecule has 0 radical (unpaired) electrons. The lowest BCUT2D eigenvalue weighted by molar-refractivity contribution is -0.114. The molecule has 34 heavy (non-hydrogen) atoms. The van der Waals surface area contributed by atoms with Gasteiger partial charge in [0.2, 0.25) is 5.91 Å². The van der Waals surface area contributed by atoms with E-state index >= 15 is 0 Å². The van der Waals surface area contributed by atoms with Crippen LogP contribution in [0.1, 0.15) is 26.3 Å². The molecule has 3 heterocycles. The van der Waals surface area contributed by atoms with Gasteiger partial charge in [0.15, 0.2) is 0 Å². The molecule has 5 rings (SSSR count). The average molecular weight is 447 g/mol. The van der Waals surface area contributed by atoms with E-state index in [1.54, 1.807) is 12.3 Å². The molecule has 1 amide bonds. The zero-order chi connectivity index (χ0) is 23.9. The van der Waals surface area contributed by atoms with Crippen molar-refractivity contribution >= 4 is 33.5 Å². The van der Waals surface area contributed by atoms with Crippen molar-refractivity contribution in [2.45, 2.75) is 26.2 Å². The monoisotopic (exact) mass is 446 g/mol. The minimum absolute atomic E-state index is 0.154. The Labute approximate surface area is 196 Å². The Morgan fingerprint density at radius 3 is 2.38 bits per heavy atom. The number of rotatable bonds is 4. The molecular weight excluding hydrogens is 424 g/mol. The molecule has 0 aliphatic carbocycles. The third-order valence-electron chi connectivity index (χ3n) is 5.96. The largest absolute Gasteiger partial charge is 0.311 e. The number of amides is 1. The SMILES string of the molecule is CC(=O)Nc1ccc(-c2ccc3nc(-c4ccc(C(C)(C)C#N)cc4)c4[nH]ncc4c3c2)cn1. The maximum absolute atomic E-state index is 11.2. The van der Waals surface area contributed by atoms with Gasteiger partial charge in [-0.25, -0.2) is 9.97 Å². The number of H-pyrrole nitrogens is 1. The normalized spacial score (nSPS) is 11.5. The van der Waals surface area contributed by atoms with Crippen LogP contribution in [0.25, 0.3) is 44.2 Å². The third-order valence-corrected chi connectivity index (χ3v) is 5.96. The molecule has 2 aromatic carbocycles. The number of benzene rings is 2. The first-order valence-electron chi connectivity index (χ1n) is 10.9. The first-order valence-corrected chi connectivity index (χ1v) is 10.9. The molecule has 0 atom stereocenters. The average Bonchev–Trinajstić information content (AvgIpc) is 3.34. The third kappa shape index (κ3) is 3.76. The van der Waals surface area contributed by atoms with Crippen LogP contribution in [0.15, 0.2) is 67.0 Å². The second-order valence-corrected chi connectivity index (χ2v) is 8.78. The van der Waals surface area contributed by atoms with Crippen LogP contribution in [0.2, 0.25) is 0 Å². The molecule has 0 aliphatic rings. The van der Waals surface area contributed by atoms with E-state index in [1.165, 1.54) is 6.92 Å². The van der Waals surface area contributed by atoms with Gasteiger partial charge >= 0.3 is 0 Å². The van der Waals surface area contributed by atoms with Crippen LogP contribution in [0.5, 0.6) is 0 Å². The summed E-state index contributed by atoms with van der Waals surface area (Å²) in [7, 11) is 0. The van der Waals surface area contributed by atoms with Crippen molar-refractivity contribution in [1.29, 1.82) is 5.26 Å². The molecule has 166 valence electrons. The minimum atomic E-state index is -0.551. The number of nitriles is 1. The van der Waals surface area contributed by atoms with Crippen LogP contribution in [-0.2, 0) is 10.2 Å². The molecule has 0 aliphatic heterocycles. The van der Waals surface area contributed by atoms with Crippen molar-refractivity contribution in [2.24, 2.45) is 0 Å². The Bertz CT molecular complexity index is 1570. The lowest BCUT2D eigenvalue weighted by atomic mass is 9.86. The van der Waals surface area contributed by atoms with Gasteiger partial charge in [-0.15, -0.1) is 0 Å². The van der Waals surface area contributed by atoms with E-state index in [1.807, 2.05) is 62.5 Å². The number of anilines is 1. The second kappa shape index (κ2) is 8.09. The van der Waals surface area contributed by atoms with E-state index in [-0.39, 0.29) is 5.91 Å². The lowest BCUT2D eigenvalue weighted by Crippen LogP contribution is -2.13. The quantitative estimate of drug-likeness (QED) is 0.374. The fraction of sp³-hybridized carbons (Fsp3) is 0.148. The second-order valence-electron chi connectivity index (χ2n) is 8.78. The fourth-order valence-corrected chi connectivity index (χ4v) is 4.01. The van der Waals surface area contributed by atoms with Crippen molar-refractivity contribution in [3.63, 3.8) is 0 Å². The summed E-state index contributed by atoms with van der Waals surface area (Å²) in [5, 5.41) is 21.5. The zero-order valence-corrected chi connectivity index (χ0v) is 19.0. The molecule has 7 nitrogen and oxygen atoms in total. The Morgan fingerprint density at radius 2 is 1.71 bits per heavy atom. The summed E-state index contributed by atoms with van der Waals surface area (Å²) in [6.07, 6.45) is 3.56. The van der Waals surface area contributed by atoms with Crippen molar-refractivity contribution in [2.75, 3.05) is 5.32 Å². The molecule has 7 heteroatoms. The Morgan fingerprint density at radius 1 is 0.971 bits per heavy atom. The molecule has 0 spiro atoms. The van der Waals surface area contributed by atoms with Gasteiger partial charge in [-0.3, -0.25) is 9.89 Å². The van der Waals surface area contributed by atoms with Gasteiger partial charge in [-0.1, -0.05) is 30.3 Å². The van der Waals surface area contributed by atoms with Gasteiger partial charge in [-0.2, -0.15) is 10.4 Å². The zero-order valence-electron chi connectivity index (χ0n) is 19.0. The number of fused-ring (bicyclic) bond motifs is 3. The molecule has 0 saturated carbocycles. The first-order chi connectivity index (χ1) is 16.4. The molecule has 0 bridgehead atoms.